The highest BCUT2D eigenvalue weighted by Crippen LogP contribution is 2.34. The van der Waals surface area contributed by atoms with E-state index in [1.807, 2.05) is 24.3 Å². The number of ether oxygens (including phenoxy) is 2. The molecule has 2 aromatic carbocycles. The van der Waals surface area contributed by atoms with Gasteiger partial charge in [-0.25, -0.2) is 4.98 Å². The Balaban J connectivity index is 1.80. The van der Waals surface area contributed by atoms with Crippen LogP contribution in [0.1, 0.15) is 16.1 Å². The topological polar surface area (TPSA) is 77.2 Å². The van der Waals surface area contributed by atoms with Crippen LogP contribution in [-0.4, -0.2) is 31.3 Å². The lowest BCUT2D eigenvalue weighted by Crippen LogP contribution is -2.26. The van der Waals surface area contributed by atoms with E-state index >= 15 is 0 Å². The molecule has 0 saturated heterocycles. The molecule has 29 heavy (non-hydrogen) atoms. The van der Waals surface area contributed by atoms with Gasteiger partial charge in [0.1, 0.15) is 5.76 Å². The molecule has 0 aliphatic rings. The smallest absolute Gasteiger partial charge is 0.284 e. The van der Waals surface area contributed by atoms with Crippen molar-refractivity contribution in [3.8, 4) is 11.5 Å². The molecule has 0 bridgehead atoms. The molecule has 0 atom stereocenters. The van der Waals surface area contributed by atoms with Gasteiger partial charge in [-0.05, 0) is 36.4 Å². The van der Waals surface area contributed by atoms with Crippen molar-refractivity contribution in [2.24, 2.45) is 5.10 Å². The molecule has 8 heteroatoms. The minimum atomic E-state index is -0.400. The van der Waals surface area contributed by atoms with Gasteiger partial charge >= 0.3 is 0 Å². The first-order valence-corrected chi connectivity index (χ1v) is 9.51. The number of anilines is 1. The second kappa shape index (κ2) is 8.15. The van der Waals surface area contributed by atoms with Crippen molar-refractivity contribution in [2.75, 3.05) is 19.2 Å². The molecule has 4 aromatic rings. The molecule has 0 aliphatic carbocycles. The lowest BCUT2D eigenvalue weighted by molar-refractivity contribution is 0.0984. The Bertz CT molecular complexity index is 1130. The second-order valence-electron chi connectivity index (χ2n) is 5.88. The molecule has 0 fully saturated rings. The third kappa shape index (κ3) is 3.70. The third-order valence-electron chi connectivity index (χ3n) is 4.13. The van der Waals surface area contributed by atoms with Crippen LogP contribution in [0.25, 0.3) is 10.2 Å². The number of fused-ring (bicyclic) bond motifs is 1. The van der Waals surface area contributed by atoms with Gasteiger partial charge in [0.25, 0.3) is 5.91 Å². The van der Waals surface area contributed by atoms with E-state index < -0.39 is 5.91 Å². The van der Waals surface area contributed by atoms with E-state index in [2.05, 4.69) is 10.1 Å². The molecule has 2 heterocycles. The number of para-hydroxylation sites is 2. The van der Waals surface area contributed by atoms with E-state index in [9.17, 15) is 4.79 Å². The van der Waals surface area contributed by atoms with Gasteiger partial charge in [-0.2, -0.15) is 10.1 Å². The summed E-state index contributed by atoms with van der Waals surface area (Å²) in [5.74, 6) is 0.904. The number of nitrogens with zero attached hydrogens (tertiary/aromatic N) is 3. The number of carbonyl (C=O) groups is 1. The number of methoxy groups -OCH3 is 2. The number of amides is 1. The number of hydrogen-bond donors (Lipinski definition) is 0. The molecule has 1 amide bonds. The lowest BCUT2D eigenvalue weighted by atomic mass is 10.1. The van der Waals surface area contributed by atoms with Crippen molar-refractivity contribution in [2.45, 2.75) is 0 Å². The molecule has 0 radical (unpaired) electrons. The fourth-order valence-electron chi connectivity index (χ4n) is 2.79. The van der Waals surface area contributed by atoms with Crippen molar-refractivity contribution in [3.05, 3.63) is 72.2 Å². The average molecular weight is 407 g/mol. The molecule has 0 saturated carbocycles. The summed E-state index contributed by atoms with van der Waals surface area (Å²) in [6.45, 7) is 0. The quantitative estimate of drug-likeness (QED) is 0.345. The first kappa shape index (κ1) is 18.7. The van der Waals surface area contributed by atoms with Crippen LogP contribution in [0.4, 0.5) is 5.13 Å². The first-order valence-electron chi connectivity index (χ1n) is 8.69. The predicted molar refractivity (Wildman–Crippen MR) is 112 cm³/mol. The summed E-state index contributed by atoms with van der Waals surface area (Å²) in [5, 5.41) is 6.03. The number of carbonyl (C=O) groups excluding carboxylic acids is 1. The number of thiazole rings is 1. The van der Waals surface area contributed by atoms with Crippen LogP contribution in [-0.2, 0) is 0 Å². The molecular formula is C21H17N3O4S. The fourth-order valence-corrected chi connectivity index (χ4v) is 3.71. The molecule has 4 rings (SSSR count). The Labute approximate surface area is 170 Å². The van der Waals surface area contributed by atoms with Gasteiger partial charge in [0.05, 0.1) is 42.5 Å². The highest BCUT2D eigenvalue weighted by Gasteiger charge is 2.25. The van der Waals surface area contributed by atoms with Crippen LogP contribution >= 0.6 is 11.3 Å². The zero-order valence-electron chi connectivity index (χ0n) is 15.7. The van der Waals surface area contributed by atoms with Gasteiger partial charge in [0, 0.05) is 0 Å². The molecule has 0 N–H and O–H groups in total. The Morgan fingerprint density at radius 2 is 1.97 bits per heavy atom. The maximum absolute atomic E-state index is 13.4. The Morgan fingerprint density at radius 1 is 1.10 bits per heavy atom. The standard InChI is InChI=1S/C21H17N3O4S/c1-26-17-10-5-8-15(19(17)27-2)20(25)24(22-13-14-7-6-12-28-14)21-23-16-9-3-4-11-18(16)29-21/h3-13H,1-2H3/b22-13-. The van der Waals surface area contributed by atoms with E-state index in [1.54, 1.807) is 30.3 Å². The maximum atomic E-state index is 13.4. The summed E-state index contributed by atoms with van der Waals surface area (Å²) in [5.41, 5.74) is 1.10. The summed E-state index contributed by atoms with van der Waals surface area (Å²) in [4.78, 5) is 18.0. The van der Waals surface area contributed by atoms with Gasteiger partial charge in [0.15, 0.2) is 11.5 Å². The van der Waals surface area contributed by atoms with Crippen molar-refractivity contribution in [1.82, 2.24) is 4.98 Å². The second-order valence-corrected chi connectivity index (χ2v) is 6.89. The van der Waals surface area contributed by atoms with E-state index in [4.69, 9.17) is 13.9 Å². The van der Waals surface area contributed by atoms with Crippen LogP contribution in [0, 0.1) is 0 Å². The van der Waals surface area contributed by atoms with Gasteiger partial charge in [-0.3, -0.25) is 4.79 Å². The Hall–Kier alpha value is -3.65. The largest absolute Gasteiger partial charge is 0.493 e. The van der Waals surface area contributed by atoms with Crippen molar-refractivity contribution in [1.29, 1.82) is 0 Å². The van der Waals surface area contributed by atoms with Gasteiger partial charge in [-0.1, -0.05) is 29.5 Å². The van der Waals surface area contributed by atoms with E-state index in [1.165, 1.54) is 43.0 Å². The summed E-state index contributed by atoms with van der Waals surface area (Å²) in [7, 11) is 3.01. The van der Waals surface area contributed by atoms with Crippen LogP contribution in [0.2, 0.25) is 0 Å². The highest BCUT2D eigenvalue weighted by atomic mass is 32.1. The molecule has 7 nitrogen and oxygen atoms in total. The maximum Gasteiger partial charge on any atom is 0.284 e. The minimum Gasteiger partial charge on any atom is -0.493 e. The van der Waals surface area contributed by atoms with E-state index in [0.717, 1.165) is 10.2 Å². The average Bonchev–Trinajstić information content (AvgIpc) is 3.42. The number of benzene rings is 2. The molecule has 0 aliphatic heterocycles. The number of aromatic nitrogens is 1. The Kier molecular flexibility index (Phi) is 5.26. The fraction of sp³-hybridized carbons (Fsp3) is 0.0952. The van der Waals surface area contributed by atoms with Crippen LogP contribution < -0.4 is 14.5 Å². The van der Waals surface area contributed by atoms with Crippen LogP contribution in [0.15, 0.2) is 70.4 Å². The predicted octanol–water partition coefficient (Wildman–Crippen LogP) is 4.59. The number of hydrazone groups is 1. The number of furan rings is 1. The van der Waals surface area contributed by atoms with Crippen molar-refractivity contribution >= 4 is 38.8 Å². The summed E-state index contributed by atoms with van der Waals surface area (Å²) >= 11 is 1.37. The van der Waals surface area contributed by atoms with Gasteiger partial charge in [-0.15, -0.1) is 0 Å². The van der Waals surface area contributed by atoms with Gasteiger partial charge < -0.3 is 13.9 Å². The molecule has 0 spiro atoms. The zero-order valence-corrected chi connectivity index (χ0v) is 16.6. The minimum absolute atomic E-state index is 0.308. The van der Waals surface area contributed by atoms with Crippen LogP contribution in [0.5, 0.6) is 11.5 Å². The van der Waals surface area contributed by atoms with E-state index in [0.29, 0.717) is 28.0 Å². The lowest BCUT2D eigenvalue weighted by Gasteiger charge is -2.17. The molecule has 2 aromatic heterocycles. The third-order valence-corrected chi connectivity index (χ3v) is 5.15. The highest BCUT2D eigenvalue weighted by molar-refractivity contribution is 7.22. The summed E-state index contributed by atoms with van der Waals surface area (Å²) in [6, 6.07) is 16.3. The SMILES string of the molecule is COc1cccc(C(=O)N(/N=C\c2ccco2)c2nc3ccccc3s2)c1OC. The zero-order chi connectivity index (χ0) is 20.2. The summed E-state index contributed by atoms with van der Waals surface area (Å²) < 4.78 is 17.0. The van der Waals surface area contributed by atoms with E-state index in [-0.39, 0.29) is 0 Å². The number of hydrogen-bond acceptors (Lipinski definition) is 7. The monoisotopic (exact) mass is 407 g/mol. The first-order chi connectivity index (χ1) is 14.2. The molecule has 0 unspecified atom stereocenters. The molecule has 146 valence electrons. The number of rotatable bonds is 6. The van der Waals surface area contributed by atoms with Crippen LogP contribution in [0.3, 0.4) is 0 Å². The Morgan fingerprint density at radius 3 is 2.69 bits per heavy atom. The summed E-state index contributed by atoms with van der Waals surface area (Å²) in [6.07, 6.45) is 3.01. The van der Waals surface area contributed by atoms with Crippen molar-refractivity contribution < 1.29 is 18.7 Å². The van der Waals surface area contributed by atoms with Gasteiger partial charge in [0.2, 0.25) is 5.13 Å². The molecular weight excluding hydrogens is 390 g/mol. The normalized spacial score (nSPS) is 11.1. The van der Waals surface area contributed by atoms with Crippen molar-refractivity contribution in [3.63, 3.8) is 0 Å².